The number of carbonyl (C=O) groups is 1. The lowest BCUT2D eigenvalue weighted by Crippen LogP contribution is -2.22. The van der Waals surface area contributed by atoms with Crippen molar-refractivity contribution in [2.75, 3.05) is 0 Å². The number of hydrogen-bond acceptors (Lipinski definition) is 2. The number of hydrogen-bond donors (Lipinski definition) is 0. The first-order valence-electron chi connectivity index (χ1n) is 4.30. The average Bonchev–Trinajstić information content (AvgIpc) is 2.12. The molecule has 0 spiro atoms. The van der Waals surface area contributed by atoms with Gasteiger partial charge in [0.05, 0.1) is 0 Å². The third-order valence-electron chi connectivity index (χ3n) is 1.73. The summed E-state index contributed by atoms with van der Waals surface area (Å²) in [5.74, 6) is -0.531. The number of ether oxygens (including phenoxy) is 1. The number of rotatable bonds is 2. The highest BCUT2D eigenvalue weighted by Crippen LogP contribution is 2.42. The van der Waals surface area contributed by atoms with E-state index in [0.29, 0.717) is 10.6 Å². The molecule has 0 radical (unpaired) electrons. The molecule has 0 saturated carbocycles. The summed E-state index contributed by atoms with van der Waals surface area (Å²) in [7, 11) is 0. The Kier molecular flexibility index (Phi) is 4.74. The molecule has 0 aliphatic heterocycles. The van der Waals surface area contributed by atoms with Gasteiger partial charge in [-0.3, -0.25) is 4.79 Å². The molecular weight excluding hydrogens is 294 g/mol. The number of halogens is 4. The fourth-order valence-corrected chi connectivity index (χ4v) is 1.87. The Morgan fingerprint density at radius 3 is 2.44 bits per heavy atom. The zero-order valence-corrected chi connectivity index (χ0v) is 11.2. The lowest BCUT2D eigenvalue weighted by Gasteiger charge is -2.24. The monoisotopic (exact) mass is 300 g/mol. The van der Waals surface area contributed by atoms with Crippen molar-refractivity contribution in [2.24, 2.45) is 0 Å². The van der Waals surface area contributed by atoms with Gasteiger partial charge in [-0.15, -0.1) is 0 Å². The van der Waals surface area contributed by atoms with Crippen LogP contribution in [0.3, 0.4) is 0 Å². The van der Waals surface area contributed by atoms with Crippen LogP contribution in [0.2, 0.25) is 5.02 Å². The molecule has 0 aliphatic carbocycles. The van der Waals surface area contributed by atoms with Gasteiger partial charge in [-0.25, -0.2) is 0 Å². The molecule has 88 valence electrons. The molecule has 1 atom stereocenters. The number of benzene rings is 1. The maximum Gasteiger partial charge on any atom is 0.303 e. The topological polar surface area (TPSA) is 26.3 Å². The van der Waals surface area contributed by atoms with Crippen molar-refractivity contribution in [3.63, 3.8) is 0 Å². The quantitative estimate of drug-likeness (QED) is 0.601. The smallest absolute Gasteiger partial charge is 0.303 e. The average molecular weight is 302 g/mol. The van der Waals surface area contributed by atoms with Gasteiger partial charge in [-0.1, -0.05) is 58.5 Å². The Morgan fingerprint density at radius 2 is 2.00 bits per heavy atom. The van der Waals surface area contributed by atoms with E-state index in [1.165, 1.54) is 6.92 Å². The standard InChI is InChI=1S/C10H8Cl4O2/c1-6(15)16-9(10(12,13)14)7-3-2-4-8(11)5-7/h2-5,9H,1H3/t9-/m0/s1. The summed E-state index contributed by atoms with van der Waals surface area (Å²) >= 11 is 23.0. The fourth-order valence-electron chi connectivity index (χ4n) is 1.16. The minimum atomic E-state index is -1.74. The molecule has 0 bridgehead atoms. The summed E-state index contributed by atoms with van der Waals surface area (Å²) in [6.45, 7) is 1.24. The molecule has 0 aliphatic rings. The molecule has 0 amide bonds. The van der Waals surface area contributed by atoms with Crippen molar-refractivity contribution < 1.29 is 9.53 Å². The number of esters is 1. The zero-order chi connectivity index (χ0) is 12.3. The molecule has 0 N–H and O–H groups in total. The van der Waals surface area contributed by atoms with Crippen molar-refractivity contribution >= 4 is 52.4 Å². The molecule has 0 unspecified atom stereocenters. The maximum atomic E-state index is 10.9. The predicted octanol–water partition coefficient (Wildman–Crippen LogP) is 4.31. The molecule has 1 aromatic rings. The van der Waals surface area contributed by atoms with Crippen molar-refractivity contribution in [2.45, 2.75) is 16.8 Å². The molecule has 16 heavy (non-hydrogen) atoms. The van der Waals surface area contributed by atoms with Gasteiger partial charge in [0.25, 0.3) is 0 Å². The lowest BCUT2D eigenvalue weighted by molar-refractivity contribution is -0.146. The van der Waals surface area contributed by atoms with Crippen LogP contribution < -0.4 is 0 Å². The van der Waals surface area contributed by atoms with E-state index >= 15 is 0 Å². The molecule has 0 fully saturated rings. The maximum absolute atomic E-state index is 10.9. The van der Waals surface area contributed by atoms with E-state index in [1.807, 2.05) is 0 Å². The van der Waals surface area contributed by atoms with Gasteiger partial charge in [0.15, 0.2) is 6.10 Å². The molecule has 1 rings (SSSR count). The van der Waals surface area contributed by atoms with Crippen LogP contribution in [0.25, 0.3) is 0 Å². The van der Waals surface area contributed by atoms with Gasteiger partial charge >= 0.3 is 5.97 Å². The second kappa shape index (κ2) is 5.46. The summed E-state index contributed by atoms with van der Waals surface area (Å²) in [5.41, 5.74) is 0.530. The van der Waals surface area contributed by atoms with Crippen molar-refractivity contribution in [1.29, 1.82) is 0 Å². The summed E-state index contributed by atoms with van der Waals surface area (Å²) < 4.78 is 3.22. The van der Waals surface area contributed by atoms with Crippen LogP contribution in [0.15, 0.2) is 24.3 Å². The van der Waals surface area contributed by atoms with Gasteiger partial charge in [0, 0.05) is 11.9 Å². The fraction of sp³-hybridized carbons (Fsp3) is 0.300. The summed E-state index contributed by atoms with van der Waals surface area (Å²) in [5, 5.41) is 0.476. The molecule has 0 heterocycles. The van der Waals surface area contributed by atoms with E-state index in [9.17, 15) is 4.79 Å². The molecular formula is C10H8Cl4O2. The molecule has 0 aromatic heterocycles. The van der Waals surface area contributed by atoms with E-state index in [-0.39, 0.29) is 0 Å². The lowest BCUT2D eigenvalue weighted by atomic mass is 10.1. The van der Waals surface area contributed by atoms with Crippen LogP contribution >= 0.6 is 46.4 Å². The van der Waals surface area contributed by atoms with Crippen LogP contribution in [-0.4, -0.2) is 9.76 Å². The van der Waals surface area contributed by atoms with Gasteiger partial charge in [-0.05, 0) is 17.7 Å². The van der Waals surface area contributed by atoms with E-state index in [2.05, 4.69) is 0 Å². The Hall–Kier alpha value is -0.150. The third kappa shape index (κ3) is 4.02. The Labute approximate surface area is 113 Å². The highest BCUT2D eigenvalue weighted by atomic mass is 35.6. The Balaban J connectivity index is 3.06. The molecule has 6 heteroatoms. The van der Waals surface area contributed by atoms with E-state index in [1.54, 1.807) is 24.3 Å². The molecule has 2 nitrogen and oxygen atoms in total. The van der Waals surface area contributed by atoms with E-state index in [0.717, 1.165) is 0 Å². The van der Waals surface area contributed by atoms with Crippen molar-refractivity contribution in [3.8, 4) is 0 Å². The second-order valence-corrected chi connectivity index (χ2v) is 5.89. The molecule has 0 saturated heterocycles. The van der Waals surface area contributed by atoms with Crippen molar-refractivity contribution in [3.05, 3.63) is 34.9 Å². The third-order valence-corrected chi connectivity index (χ3v) is 2.56. The van der Waals surface area contributed by atoms with Crippen LogP contribution in [-0.2, 0) is 9.53 Å². The number of alkyl halides is 3. The van der Waals surface area contributed by atoms with Crippen LogP contribution in [0.1, 0.15) is 18.6 Å². The normalized spacial score (nSPS) is 13.3. The van der Waals surface area contributed by atoms with Gasteiger partial charge in [0.1, 0.15) is 0 Å². The van der Waals surface area contributed by atoms with Gasteiger partial charge in [-0.2, -0.15) is 0 Å². The SMILES string of the molecule is CC(=O)O[C@@H](c1cccc(Cl)c1)C(Cl)(Cl)Cl. The van der Waals surface area contributed by atoms with E-state index < -0.39 is 15.9 Å². The minimum absolute atomic E-state index is 0.476. The van der Waals surface area contributed by atoms with Crippen LogP contribution in [0.5, 0.6) is 0 Å². The Bertz CT molecular complexity index is 387. The van der Waals surface area contributed by atoms with Gasteiger partial charge in [0.2, 0.25) is 3.79 Å². The van der Waals surface area contributed by atoms with Crippen molar-refractivity contribution in [1.82, 2.24) is 0 Å². The molecule has 1 aromatic carbocycles. The van der Waals surface area contributed by atoms with Gasteiger partial charge < -0.3 is 4.74 Å². The first kappa shape index (κ1) is 13.9. The van der Waals surface area contributed by atoms with Crippen LogP contribution in [0, 0.1) is 0 Å². The first-order valence-corrected chi connectivity index (χ1v) is 5.81. The predicted molar refractivity (Wildman–Crippen MR) is 66.2 cm³/mol. The largest absolute Gasteiger partial charge is 0.453 e. The zero-order valence-electron chi connectivity index (χ0n) is 8.22. The highest BCUT2D eigenvalue weighted by molar-refractivity contribution is 6.68. The van der Waals surface area contributed by atoms with Crippen LogP contribution in [0.4, 0.5) is 0 Å². The summed E-state index contributed by atoms with van der Waals surface area (Å²) in [4.78, 5) is 10.9. The van der Waals surface area contributed by atoms with E-state index in [4.69, 9.17) is 51.1 Å². The highest BCUT2D eigenvalue weighted by Gasteiger charge is 2.36. The summed E-state index contributed by atoms with van der Waals surface area (Å²) in [6, 6.07) is 6.61. The second-order valence-electron chi connectivity index (χ2n) is 3.09. The number of carbonyl (C=O) groups excluding carboxylic acids is 1. The Morgan fingerprint density at radius 1 is 1.38 bits per heavy atom. The minimum Gasteiger partial charge on any atom is -0.453 e. The first-order chi connectivity index (χ1) is 7.30. The summed E-state index contributed by atoms with van der Waals surface area (Å²) in [6.07, 6.45) is -0.978.